The van der Waals surface area contributed by atoms with Crippen molar-refractivity contribution in [2.24, 2.45) is 0 Å². The highest BCUT2D eigenvalue weighted by Gasteiger charge is 2.09. The lowest BCUT2D eigenvalue weighted by atomic mass is 10.2. The number of hydrogen-bond acceptors (Lipinski definition) is 6. The number of para-hydroxylation sites is 1. The summed E-state index contributed by atoms with van der Waals surface area (Å²) in [7, 11) is 0. The van der Waals surface area contributed by atoms with Gasteiger partial charge >= 0.3 is 0 Å². The van der Waals surface area contributed by atoms with Crippen LogP contribution in [0.25, 0.3) is 21.1 Å². The van der Waals surface area contributed by atoms with E-state index in [0.717, 1.165) is 36.2 Å². The Morgan fingerprint density at radius 1 is 1.00 bits per heavy atom. The third-order valence-corrected chi connectivity index (χ3v) is 5.18. The summed E-state index contributed by atoms with van der Waals surface area (Å²) in [6, 6.07) is 13.8. The SMILES string of the molecule is Nc1ccc2nc(Sc3ncnc4ccccc34)sc2c1. The van der Waals surface area contributed by atoms with Gasteiger partial charge in [0.1, 0.15) is 11.4 Å². The van der Waals surface area contributed by atoms with Crippen molar-refractivity contribution < 1.29 is 0 Å². The van der Waals surface area contributed by atoms with Gasteiger partial charge in [-0.3, -0.25) is 0 Å². The second kappa shape index (κ2) is 4.98. The van der Waals surface area contributed by atoms with E-state index in [-0.39, 0.29) is 0 Å². The second-order valence-corrected chi connectivity index (χ2v) is 6.77. The number of benzene rings is 2. The van der Waals surface area contributed by atoms with Crippen LogP contribution in [0.15, 0.2) is 58.2 Å². The van der Waals surface area contributed by atoms with E-state index in [2.05, 4.69) is 15.0 Å². The lowest BCUT2D eigenvalue weighted by Gasteiger charge is -2.01. The average molecular weight is 310 g/mol. The van der Waals surface area contributed by atoms with E-state index in [4.69, 9.17) is 5.73 Å². The molecule has 2 aromatic carbocycles. The smallest absolute Gasteiger partial charge is 0.157 e. The summed E-state index contributed by atoms with van der Waals surface area (Å²) in [5.41, 5.74) is 8.48. The summed E-state index contributed by atoms with van der Waals surface area (Å²) in [5.74, 6) is 0. The highest BCUT2D eigenvalue weighted by atomic mass is 32.2. The van der Waals surface area contributed by atoms with E-state index in [9.17, 15) is 0 Å². The molecule has 0 bridgehead atoms. The van der Waals surface area contributed by atoms with Gasteiger partial charge in [0.15, 0.2) is 4.34 Å². The predicted octanol–water partition coefficient (Wildman–Crippen LogP) is 3.97. The number of rotatable bonds is 2. The van der Waals surface area contributed by atoms with Crippen LogP contribution in [0.2, 0.25) is 0 Å². The van der Waals surface area contributed by atoms with Gasteiger partial charge in [0.2, 0.25) is 0 Å². The molecule has 0 spiro atoms. The first kappa shape index (κ1) is 12.6. The highest BCUT2D eigenvalue weighted by molar-refractivity contribution is 8.01. The second-order valence-electron chi connectivity index (χ2n) is 4.50. The zero-order chi connectivity index (χ0) is 14.2. The number of nitrogens with zero attached hydrogens (tertiary/aromatic N) is 3. The van der Waals surface area contributed by atoms with Crippen LogP contribution in [0.4, 0.5) is 5.69 Å². The minimum absolute atomic E-state index is 0.759. The van der Waals surface area contributed by atoms with Crippen LogP contribution in [0.5, 0.6) is 0 Å². The predicted molar refractivity (Wildman–Crippen MR) is 87.7 cm³/mol. The fourth-order valence-corrected chi connectivity index (χ4v) is 4.22. The minimum Gasteiger partial charge on any atom is -0.399 e. The Morgan fingerprint density at radius 3 is 2.86 bits per heavy atom. The number of hydrogen-bond donors (Lipinski definition) is 1. The largest absolute Gasteiger partial charge is 0.399 e. The molecule has 102 valence electrons. The van der Waals surface area contributed by atoms with Crippen LogP contribution in [-0.4, -0.2) is 15.0 Å². The Hall–Kier alpha value is -2.18. The van der Waals surface area contributed by atoms with Crippen LogP contribution in [0, 0.1) is 0 Å². The van der Waals surface area contributed by atoms with Crippen LogP contribution in [0.1, 0.15) is 0 Å². The van der Waals surface area contributed by atoms with Gasteiger partial charge in [0.25, 0.3) is 0 Å². The molecule has 6 heteroatoms. The van der Waals surface area contributed by atoms with Gasteiger partial charge in [-0.1, -0.05) is 18.2 Å². The summed E-state index contributed by atoms with van der Waals surface area (Å²) in [6.45, 7) is 0. The molecular formula is C15H10N4S2. The molecule has 0 amide bonds. The molecule has 0 aliphatic rings. The van der Waals surface area contributed by atoms with Gasteiger partial charge < -0.3 is 5.73 Å². The van der Waals surface area contributed by atoms with E-state index in [0.29, 0.717) is 0 Å². The molecule has 2 aromatic heterocycles. The molecule has 2 N–H and O–H groups in total. The molecule has 4 rings (SSSR count). The molecule has 0 saturated carbocycles. The van der Waals surface area contributed by atoms with Crippen molar-refractivity contribution in [1.82, 2.24) is 15.0 Å². The standard InChI is InChI=1S/C15H10N4S2/c16-9-5-6-12-13(7-9)20-15(19-12)21-14-10-3-1-2-4-11(10)17-8-18-14/h1-8H,16H2. The van der Waals surface area contributed by atoms with E-state index in [1.807, 2.05) is 42.5 Å². The van der Waals surface area contributed by atoms with Crippen molar-refractivity contribution in [1.29, 1.82) is 0 Å². The summed E-state index contributed by atoms with van der Waals surface area (Å²) in [5, 5.41) is 1.97. The average Bonchev–Trinajstić information content (AvgIpc) is 2.89. The van der Waals surface area contributed by atoms with Crippen molar-refractivity contribution in [2.75, 3.05) is 5.73 Å². The summed E-state index contributed by atoms with van der Waals surface area (Å²) in [4.78, 5) is 13.3. The van der Waals surface area contributed by atoms with Gasteiger partial charge in [0, 0.05) is 11.1 Å². The normalized spacial score (nSPS) is 11.2. The number of nitrogen functional groups attached to an aromatic ring is 1. The topological polar surface area (TPSA) is 64.7 Å². The molecular weight excluding hydrogens is 300 g/mol. The van der Waals surface area contributed by atoms with Crippen molar-refractivity contribution >= 4 is 49.9 Å². The van der Waals surface area contributed by atoms with E-state index in [1.54, 1.807) is 29.4 Å². The maximum atomic E-state index is 5.81. The summed E-state index contributed by atoms with van der Waals surface area (Å²) in [6.07, 6.45) is 1.59. The van der Waals surface area contributed by atoms with Gasteiger partial charge in [-0.05, 0) is 36.0 Å². The Bertz CT molecular complexity index is 943. The van der Waals surface area contributed by atoms with Gasteiger partial charge in [-0.2, -0.15) is 0 Å². The van der Waals surface area contributed by atoms with Crippen molar-refractivity contribution in [3.8, 4) is 0 Å². The van der Waals surface area contributed by atoms with E-state index >= 15 is 0 Å². The van der Waals surface area contributed by atoms with Crippen LogP contribution < -0.4 is 5.73 Å². The lowest BCUT2D eigenvalue weighted by Crippen LogP contribution is -1.85. The number of anilines is 1. The number of thiazole rings is 1. The summed E-state index contributed by atoms with van der Waals surface area (Å²) >= 11 is 3.19. The fraction of sp³-hybridized carbons (Fsp3) is 0. The van der Waals surface area contributed by atoms with E-state index in [1.165, 1.54) is 0 Å². The quantitative estimate of drug-likeness (QED) is 0.448. The Morgan fingerprint density at radius 2 is 1.90 bits per heavy atom. The molecule has 0 aliphatic carbocycles. The molecule has 0 aliphatic heterocycles. The minimum atomic E-state index is 0.759. The zero-order valence-electron chi connectivity index (χ0n) is 10.9. The van der Waals surface area contributed by atoms with E-state index < -0.39 is 0 Å². The molecule has 2 heterocycles. The maximum Gasteiger partial charge on any atom is 0.157 e. The van der Waals surface area contributed by atoms with Gasteiger partial charge in [0.05, 0.1) is 15.7 Å². The maximum absolute atomic E-state index is 5.81. The first-order chi connectivity index (χ1) is 10.3. The molecule has 4 aromatic rings. The van der Waals surface area contributed by atoms with Crippen molar-refractivity contribution in [2.45, 2.75) is 9.37 Å². The first-order valence-corrected chi connectivity index (χ1v) is 7.96. The third-order valence-electron chi connectivity index (χ3n) is 3.08. The Labute approximate surface area is 129 Å². The zero-order valence-corrected chi connectivity index (χ0v) is 12.5. The monoisotopic (exact) mass is 310 g/mol. The molecule has 0 atom stereocenters. The number of nitrogens with two attached hydrogens (primary N) is 1. The third kappa shape index (κ3) is 2.32. The molecule has 0 unspecified atom stereocenters. The highest BCUT2D eigenvalue weighted by Crippen LogP contribution is 2.36. The van der Waals surface area contributed by atoms with Crippen molar-refractivity contribution in [3.63, 3.8) is 0 Å². The van der Waals surface area contributed by atoms with Crippen LogP contribution in [-0.2, 0) is 0 Å². The van der Waals surface area contributed by atoms with Crippen molar-refractivity contribution in [3.05, 3.63) is 48.8 Å². The Balaban J connectivity index is 1.79. The van der Waals surface area contributed by atoms with Crippen LogP contribution >= 0.6 is 23.1 Å². The number of aromatic nitrogens is 3. The first-order valence-electron chi connectivity index (χ1n) is 6.33. The lowest BCUT2D eigenvalue weighted by molar-refractivity contribution is 1.10. The van der Waals surface area contributed by atoms with Crippen LogP contribution in [0.3, 0.4) is 0 Å². The Kier molecular flexibility index (Phi) is 2.98. The van der Waals surface area contributed by atoms with Gasteiger partial charge in [-0.25, -0.2) is 15.0 Å². The number of fused-ring (bicyclic) bond motifs is 2. The molecule has 0 radical (unpaired) electrons. The summed E-state index contributed by atoms with van der Waals surface area (Å²) < 4.78 is 2.05. The molecule has 0 fully saturated rings. The molecule has 4 nitrogen and oxygen atoms in total. The molecule has 21 heavy (non-hydrogen) atoms. The molecule has 0 saturated heterocycles. The fourth-order valence-electron chi connectivity index (χ4n) is 2.11. The van der Waals surface area contributed by atoms with Gasteiger partial charge in [-0.15, -0.1) is 11.3 Å².